The van der Waals surface area contributed by atoms with E-state index in [4.69, 9.17) is 16.3 Å². The standard InChI is InChI=1S/C13H18BrClN2O2/c1-9(16-2)8-17-13(18)5-6-19-12-4-3-10(15)7-11(12)14/h3-4,7,9,16H,5-6,8H2,1-2H3,(H,17,18). The Morgan fingerprint density at radius 2 is 2.26 bits per heavy atom. The van der Waals surface area contributed by atoms with Crippen LogP contribution in [0.1, 0.15) is 13.3 Å². The molecule has 1 atom stereocenters. The number of carbonyl (C=O) groups excluding carboxylic acids is 1. The third-order valence-electron chi connectivity index (χ3n) is 2.58. The van der Waals surface area contributed by atoms with Crippen LogP contribution in [0.25, 0.3) is 0 Å². The monoisotopic (exact) mass is 348 g/mol. The third-order valence-corrected chi connectivity index (χ3v) is 3.43. The topological polar surface area (TPSA) is 50.4 Å². The highest BCUT2D eigenvalue weighted by Crippen LogP contribution is 2.27. The molecular weight excluding hydrogens is 332 g/mol. The fourth-order valence-corrected chi connectivity index (χ4v) is 2.10. The first-order valence-corrected chi connectivity index (χ1v) is 7.22. The molecule has 1 aromatic rings. The van der Waals surface area contributed by atoms with Gasteiger partial charge in [0.1, 0.15) is 5.75 Å². The van der Waals surface area contributed by atoms with E-state index in [2.05, 4.69) is 26.6 Å². The van der Waals surface area contributed by atoms with Gasteiger partial charge in [0.15, 0.2) is 0 Å². The second kappa shape index (κ2) is 8.40. The number of rotatable bonds is 7. The summed E-state index contributed by atoms with van der Waals surface area (Å²) in [6.45, 7) is 2.95. The lowest BCUT2D eigenvalue weighted by Crippen LogP contribution is -2.37. The van der Waals surface area contributed by atoms with Crippen LogP contribution in [0.4, 0.5) is 0 Å². The van der Waals surface area contributed by atoms with Gasteiger partial charge in [0.05, 0.1) is 17.5 Å². The summed E-state index contributed by atoms with van der Waals surface area (Å²) < 4.78 is 6.30. The quantitative estimate of drug-likeness (QED) is 0.795. The van der Waals surface area contributed by atoms with Gasteiger partial charge < -0.3 is 15.4 Å². The van der Waals surface area contributed by atoms with Crippen molar-refractivity contribution in [2.75, 3.05) is 20.2 Å². The van der Waals surface area contributed by atoms with Gasteiger partial charge in [-0.3, -0.25) is 4.79 Å². The molecule has 0 heterocycles. The van der Waals surface area contributed by atoms with Gasteiger partial charge >= 0.3 is 0 Å². The summed E-state index contributed by atoms with van der Waals surface area (Å²) in [4.78, 5) is 11.5. The van der Waals surface area contributed by atoms with Crippen LogP contribution in [0.2, 0.25) is 5.02 Å². The lowest BCUT2D eigenvalue weighted by Gasteiger charge is -2.12. The second-order valence-electron chi connectivity index (χ2n) is 4.17. The van der Waals surface area contributed by atoms with E-state index in [0.29, 0.717) is 30.3 Å². The van der Waals surface area contributed by atoms with Crippen molar-refractivity contribution in [3.05, 3.63) is 27.7 Å². The molecule has 0 saturated carbocycles. The molecule has 4 nitrogen and oxygen atoms in total. The summed E-state index contributed by atoms with van der Waals surface area (Å²) in [7, 11) is 1.86. The number of benzene rings is 1. The van der Waals surface area contributed by atoms with Crippen molar-refractivity contribution in [3.8, 4) is 5.75 Å². The Bertz CT molecular complexity index is 429. The van der Waals surface area contributed by atoms with Crippen LogP contribution in [0, 0.1) is 0 Å². The van der Waals surface area contributed by atoms with Crippen molar-refractivity contribution in [2.45, 2.75) is 19.4 Å². The van der Waals surface area contributed by atoms with Crippen LogP contribution in [-0.4, -0.2) is 32.1 Å². The highest BCUT2D eigenvalue weighted by molar-refractivity contribution is 9.10. The van der Waals surface area contributed by atoms with E-state index in [1.54, 1.807) is 18.2 Å². The summed E-state index contributed by atoms with van der Waals surface area (Å²) in [5, 5.41) is 6.52. The molecule has 1 unspecified atom stereocenters. The van der Waals surface area contributed by atoms with Crippen LogP contribution < -0.4 is 15.4 Å². The largest absolute Gasteiger partial charge is 0.492 e. The molecule has 0 bridgehead atoms. The molecule has 1 aromatic carbocycles. The fourth-order valence-electron chi connectivity index (χ4n) is 1.30. The number of hydrogen-bond donors (Lipinski definition) is 2. The van der Waals surface area contributed by atoms with E-state index < -0.39 is 0 Å². The Kier molecular flexibility index (Phi) is 7.20. The molecule has 19 heavy (non-hydrogen) atoms. The molecule has 0 aliphatic rings. The van der Waals surface area contributed by atoms with Crippen molar-refractivity contribution >= 4 is 33.4 Å². The van der Waals surface area contributed by atoms with Gasteiger partial charge in [0.25, 0.3) is 0 Å². The first-order valence-electron chi connectivity index (χ1n) is 6.04. The van der Waals surface area contributed by atoms with Gasteiger partial charge in [-0.1, -0.05) is 11.6 Å². The second-order valence-corrected chi connectivity index (χ2v) is 5.46. The molecule has 0 aromatic heterocycles. The van der Waals surface area contributed by atoms with Crippen LogP contribution >= 0.6 is 27.5 Å². The molecule has 6 heteroatoms. The van der Waals surface area contributed by atoms with Gasteiger partial charge in [-0.05, 0) is 48.1 Å². The predicted molar refractivity (Wildman–Crippen MR) is 80.8 cm³/mol. The average molecular weight is 350 g/mol. The van der Waals surface area contributed by atoms with E-state index in [9.17, 15) is 4.79 Å². The Balaban J connectivity index is 2.28. The summed E-state index contributed by atoms with van der Waals surface area (Å²) in [6.07, 6.45) is 0.325. The number of nitrogens with one attached hydrogen (secondary N) is 2. The number of ether oxygens (including phenoxy) is 1. The first kappa shape index (κ1) is 16.3. The van der Waals surface area contributed by atoms with Crippen LogP contribution in [0.5, 0.6) is 5.75 Å². The molecule has 1 rings (SSSR count). The highest BCUT2D eigenvalue weighted by Gasteiger charge is 2.06. The third kappa shape index (κ3) is 6.27. The number of likely N-dealkylation sites (N-methyl/N-ethyl adjacent to an activating group) is 1. The van der Waals surface area contributed by atoms with E-state index in [1.807, 2.05) is 14.0 Å². The molecule has 0 aliphatic heterocycles. The highest BCUT2D eigenvalue weighted by atomic mass is 79.9. The Morgan fingerprint density at radius 1 is 1.53 bits per heavy atom. The Morgan fingerprint density at radius 3 is 2.89 bits per heavy atom. The Labute approximate surface area is 127 Å². The zero-order chi connectivity index (χ0) is 14.3. The normalized spacial score (nSPS) is 12.0. The molecule has 2 N–H and O–H groups in total. The minimum absolute atomic E-state index is 0.0211. The number of halogens is 2. The van der Waals surface area contributed by atoms with E-state index in [-0.39, 0.29) is 11.9 Å². The minimum atomic E-state index is -0.0211. The summed E-state index contributed by atoms with van der Waals surface area (Å²) in [5.41, 5.74) is 0. The molecule has 106 valence electrons. The zero-order valence-corrected chi connectivity index (χ0v) is 13.3. The molecular formula is C13H18BrClN2O2. The van der Waals surface area contributed by atoms with Crippen molar-refractivity contribution in [1.29, 1.82) is 0 Å². The van der Waals surface area contributed by atoms with Crippen molar-refractivity contribution < 1.29 is 9.53 Å². The summed E-state index contributed by atoms with van der Waals surface area (Å²) in [5.74, 6) is 0.660. The maximum atomic E-state index is 11.5. The van der Waals surface area contributed by atoms with Crippen LogP contribution in [0.3, 0.4) is 0 Å². The molecule has 0 radical (unpaired) electrons. The smallest absolute Gasteiger partial charge is 0.223 e. The summed E-state index contributed by atoms with van der Waals surface area (Å²) >= 11 is 9.19. The van der Waals surface area contributed by atoms with E-state index in [1.165, 1.54) is 0 Å². The molecule has 0 spiro atoms. The average Bonchev–Trinajstić information content (AvgIpc) is 2.38. The lowest BCUT2D eigenvalue weighted by atomic mass is 10.3. The maximum absolute atomic E-state index is 11.5. The minimum Gasteiger partial charge on any atom is -0.492 e. The summed E-state index contributed by atoms with van der Waals surface area (Å²) in [6, 6.07) is 5.53. The van der Waals surface area contributed by atoms with Gasteiger partial charge in [-0.25, -0.2) is 0 Å². The molecule has 0 aliphatic carbocycles. The zero-order valence-electron chi connectivity index (χ0n) is 11.0. The fraction of sp³-hybridized carbons (Fsp3) is 0.462. The first-order chi connectivity index (χ1) is 9.02. The van der Waals surface area contributed by atoms with E-state index in [0.717, 1.165) is 4.47 Å². The number of carbonyl (C=O) groups is 1. The SMILES string of the molecule is CNC(C)CNC(=O)CCOc1ccc(Cl)cc1Br. The van der Waals surface area contributed by atoms with Gasteiger partial charge in [-0.15, -0.1) is 0 Å². The number of hydrogen-bond acceptors (Lipinski definition) is 3. The van der Waals surface area contributed by atoms with E-state index >= 15 is 0 Å². The van der Waals surface area contributed by atoms with Gasteiger partial charge in [-0.2, -0.15) is 0 Å². The maximum Gasteiger partial charge on any atom is 0.223 e. The predicted octanol–water partition coefficient (Wildman–Crippen LogP) is 2.60. The van der Waals surface area contributed by atoms with Gasteiger partial charge in [0, 0.05) is 17.6 Å². The lowest BCUT2D eigenvalue weighted by molar-refractivity contribution is -0.121. The van der Waals surface area contributed by atoms with Crippen molar-refractivity contribution in [1.82, 2.24) is 10.6 Å². The van der Waals surface area contributed by atoms with Gasteiger partial charge in [0.2, 0.25) is 5.91 Å². The van der Waals surface area contributed by atoms with Crippen molar-refractivity contribution in [3.63, 3.8) is 0 Å². The van der Waals surface area contributed by atoms with Crippen molar-refractivity contribution in [2.24, 2.45) is 0 Å². The Hall–Kier alpha value is -0.780. The molecule has 1 amide bonds. The number of amides is 1. The van der Waals surface area contributed by atoms with Crippen LogP contribution in [-0.2, 0) is 4.79 Å². The van der Waals surface area contributed by atoms with Crippen LogP contribution in [0.15, 0.2) is 22.7 Å². The molecule has 0 saturated heterocycles. The molecule has 0 fully saturated rings.